The lowest BCUT2D eigenvalue weighted by molar-refractivity contribution is -0.394. The number of hydrogen-bond donors (Lipinski definition) is 1. The predicted octanol–water partition coefficient (Wildman–Crippen LogP) is 3.78. The van der Waals surface area contributed by atoms with E-state index < -0.39 is 44.9 Å². The molecule has 1 amide bonds. The molecule has 1 heterocycles. The van der Waals surface area contributed by atoms with Crippen LogP contribution in [0.15, 0.2) is 71.7 Å². The van der Waals surface area contributed by atoms with Crippen LogP contribution in [0.2, 0.25) is 0 Å². The van der Waals surface area contributed by atoms with Crippen LogP contribution in [0.4, 0.5) is 17.1 Å². The van der Waals surface area contributed by atoms with Crippen LogP contribution in [0.3, 0.4) is 0 Å². The zero-order valence-corrected chi connectivity index (χ0v) is 17.6. The van der Waals surface area contributed by atoms with Gasteiger partial charge in [0.25, 0.3) is 23.5 Å². The Kier molecular flexibility index (Phi) is 5.83. The van der Waals surface area contributed by atoms with Gasteiger partial charge >= 0.3 is 5.97 Å². The van der Waals surface area contributed by atoms with Gasteiger partial charge in [0.1, 0.15) is 0 Å². The summed E-state index contributed by atoms with van der Waals surface area (Å²) in [5, 5.41) is 24.9. The number of nitro benzene ring substituents is 2. The highest BCUT2D eigenvalue weighted by Gasteiger charge is 2.30. The third kappa shape index (κ3) is 4.48. The SMILES string of the molecule is Cc1ccc2c(c1)C(c1ccccc1)=N[C@@H](OC(=O)c1cc([N+](=O)[O-])cc([N+](=O)[O-])c1)C(=O)N2. The van der Waals surface area contributed by atoms with Crippen molar-refractivity contribution in [3.05, 3.63) is 109 Å². The molecule has 0 bridgehead atoms. The van der Waals surface area contributed by atoms with E-state index in [1.54, 1.807) is 36.4 Å². The van der Waals surface area contributed by atoms with Crippen molar-refractivity contribution in [3.63, 3.8) is 0 Å². The van der Waals surface area contributed by atoms with Crippen molar-refractivity contribution < 1.29 is 24.2 Å². The molecule has 0 aliphatic carbocycles. The van der Waals surface area contributed by atoms with E-state index in [-0.39, 0.29) is 0 Å². The summed E-state index contributed by atoms with van der Waals surface area (Å²) in [4.78, 5) is 50.5. The molecule has 0 aromatic heterocycles. The number of hydrogen-bond acceptors (Lipinski definition) is 8. The molecule has 0 spiro atoms. The summed E-state index contributed by atoms with van der Waals surface area (Å²) in [5.41, 5.74) is 1.26. The molecule has 3 aromatic rings. The summed E-state index contributed by atoms with van der Waals surface area (Å²) in [6, 6.07) is 16.7. The summed E-state index contributed by atoms with van der Waals surface area (Å²) in [6.45, 7) is 1.88. The van der Waals surface area contributed by atoms with E-state index in [9.17, 15) is 29.8 Å². The number of amides is 1. The molecule has 11 heteroatoms. The maximum Gasteiger partial charge on any atom is 0.341 e. The molecule has 3 aromatic carbocycles. The fraction of sp³-hybridized carbons (Fsp3) is 0.0870. The minimum absolute atomic E-state index is 0.389. The number of anilines is 1. The van der Waals surface area contributed by atoms with Crippen molar-refractivity contribution in [1.82, 2.24) is 0 Å². The van der Waals surface area contributed by atoms with Gasteiger partial charge in [0.2, 0.25) is 0 Å². The van der Waals surface area contributed by atoms with Gasteiger partial charge in [0.15, 0.2) is 0 Å². The Morgan fingerprint density at radius 2 is 1.62 bits per heavy atom. The van der Waals surface area contributed by atoms with Gasteiger partial charge in [-0.05, 0) is 19.1 Å². The second-order valence-corrected chi connectivity index (χ2v) is 7.39. The molecule has 0 unspecified atom stereocenters. The van der Waals surface area contributed by atoms with Gasteiger partial charge in [-0.2, -0.15) is 0 Å². The molecule has 1 N–H and O–H groups in total. The van der Waals surface area contributed by atoms with E-state index in [1.165, 1.54) is 0 Å². The van der Waals surface area contributed by atoms with Crippen LogP contribution in [0.5, 0.6) is 0 Å². The number of nitrogens with one attached hydrogen (secondary N) is 1. The Bertz CT molecular complexity index is 1340. The lowest BCUT2D eigenvalue weighted by Crippen LogP contribution is -2.30. The number of nitrogens with zero attached hydrogens (tertiary/aromatic N) is 3. The van der Waals surface area contributed by atoms with Crippen LogP contribution in [-0.4, -0.2) is 33.7 Å². The zero-order valence-electron chi connectivity index (χ0n) is 17.6. The van der Waals surface area contributed by atoms with E-state index in [1.807, 2.05) is 19.1 Å². The molecular weight excluding hydrogens is 444 g/mol. The number of benzene rings is 3. The predicted molar refractivity (Wildman–Crippen MR) is 121 cm³/mol. The monoisotopic (exact) mass is 460 g/mol. The van der Waals surface area contributed by atoms with E-state index >= 15 is 0 Å². The van der Waals surface area contributed by atoms with Crippen molar-refractivity contribution >= 4 is 34.7 Å². The van der Waals surface area contributed by atoms with Crippen molar-refractivity contribution in [1.29, 1.82) is 0 Å². The lowest BCUT2D eigenvalue weighted by atomic mass is 9.99. The summed E-state index contributed by atoms with van der Waals surface area (Å²) < 4.78 is 5.27. The molecule has 1 aliphatic rings. The van der Waals surface area contributed by atoms with Crippen LogP contribution in [0, 0.1) is 27.2 Å². The average molecular weight is 460 g/mol. The first kappa shape index (κ1) is 22.3. The van der Waals surface area contributed by atoms with E-state index in [0.717, 1.165) is 23.8 Å². The Balaban J connectivity index is 1.76. The number of nitro groups is 2. The number of rotatable bonds is 5. The van der Waals surface area contributed by atoms with Crippen LogP contribution >= 0.6 is 0 Å². The number of esters is 1. The molecule has 34 heavy (non-hydrogen) atoms. The normalized spacial score (nSPS) is 14.8. The third-order valence-electron chi connectivity index (χ3n) is 4.98. The number of fused-ring (bicyclic) bond motifs is 1. The Morgan fingerprint density at radius 1 is 0.971 bits per heavy atom. The first-order valence-electron chi connectivity index (χ1n) is 9.93. The molecule has 4 rings (SSSR count). The molecule has 0 saturated heterocycles. The first-order valence-corrected chi connectivity index (χ1v) is 9.93. The molecule has 0 fully saturated rings. The van der Waals surface area contributed by atoms with Crippen molar-refractivity contribution in [2.24, 2.45) is 4.99 Å². The molecule has 11 nitrogen and oxygen atoms in total. The highest BCUT2D eigenvalue weighted by atomic mass is 16.6. The Labute approximate surface area is 192 Å². The van der Waals surface area contributed by atoms with Gasteiger partial charge in [0.05, 0.1) is 32.9 Å². The number of carbonyl (C=O) groups excluding carboxylic acids is 2. The second-order valence-electron chi connectivity index (χ2n) is 7.39. The fourth-order valence-electron chi connectivity index (χ4n) is 3.40. The molecule has 0 saturated carbocycles. The minimum atomic E-state index is -1.64. The minimum Gasteiger partial charge on any atom is -0.426 e. The van der Waals surface area contributed by atoms with Crippen LogP contribution in [0.1, 0.15) is 27.0 Å². The van der Waals surface area contributed by atoms with Crippen LogP contribution in [0.25, 0.3) is 0 Å². The second kappa shape index (κ2) is 8.90. The van der Waals surface area contributed by atoms with Crippen LogP contribution in [-0.2, 0) is 9.53 Å². The number of aliphatic imine (C=N–C) groups is 1. The molecule has 1 aliphatic heterocycles. The van der Waals surface area contributed by atoms with Crippen LogP contribution < -0.4 is 5.32 Å². The summed E-state index contributed by atoms with van der Waals surface area (Å²) in [5.74, 6) is -1.92. The smallest absolute Gasteiger partial charge is 0.341 e. The van der Waals surface area contributed by atoms with Crippen molar-refractivity contribution in [3.8, 4) is 0 Å². The average Bonchev–Trinajstić information content (AvgIpc) is 2.95. The summed E-state index contributed by atoms with van der Waals surface area (Å²) in [6.07, 6.45) is -1.64. The number of non-ortho nitro benzene ring substituents is 2. The highest BCUT2D eigenvalue weighted by molar-refractivity contribution is 6.19. The number of carbonyl (C=O) groups is 2. The van der Waals surface area contributed by atoms with Gasteiger partial charge in [-0.1, -0.05) is 42.0 Å². The largest absolute Gasteiger partial charge is 0.426 e. The third-order valence-corrected chi connectivity index (χ3v) is 4.98. The first-order chi connectivity index (χ1) is 16.2. The molecule has 0 radical (unpaired) electrons. The topological polar surface area (TPSA) is 154 Å². The quantitative estimate of drug-likeness (QED) is 0.345. The summed E-state index contributed by atoms with van der Waals surface area (Å²) in [7, 11) is 0. The van der Waals surface area contributed by atoms with Gasteiger partial charge < -0.3 is 10.1 Å². The molecular formula is C23H16N4O7. The standard InChI is InChI=1S/C23H16N4O7/c1-13-7-8-19-18(9-13)20(14-5-3-2-4-6-14)25-22(21(28)24-19)34-23(29)15-10-16(26(30)31)12-17(11-15)27(32)33/h2-12,22H,1H3,(H,24,28)/t22-/m0/s1. The van der Waals surface area contributed by atoms with Crippen molar-refractivity contribution in [2.45, 2.75) is 13.2 Å². The lowest BCUT2D eigenvalue weighted by Gasteiger charge is -2.12. The number of benzodiazepines with no additional fused rings is 1. The highest BCUT2D eigenvalue weighted by Crippen LogP contribution is 2.27. The van der Waals surface area contributed by atoms with Crippen molar-refractivity contribution in [2.75, 3.05) is 5.32 Å². The van der Waals surface area contributed by atoms with Gasteiger partial charge in [0, 0.05) is 23.3 Å². The maximum absolute atomic E-state index is 12.8. The number of aryl methyl sites for hydroxylation is 1. The van der Waals surface area contributed by atoms with E-state index in [2.05, 4.69) is 10.3 Å². The Morgan fingerprint density at radius 3 is 2.24 bits per heavy atom. The maximum atomic E-state index is 12.8. The molecule has 170 valence electrons. The van der Waals surface area contributed by atoms with E-state index in [0.29, 0.717) is 22.5 Å². The van der Waals surface area contributed by atoms with Gasteiger partial charge in [-0.3, -0.25) is 25.0 Å². The number of ether oxygens (including phenoxy) is 1. The Hall–Kier alpha value is -4.93. The summed E-state index contributed by atoms with van der Waals surface area (Å²) >= 11 is 0. The van der Waals surface area contributed by atoms with E-state index in [4.69, 9.17) is 4.74 Å². The fourth-order valence-corrected chi connectivity index (χ4v) is 3.40. The van der Waals surface area contributed by atoms with Gasteiger partial charge in [-0.25, -0.2) is 9.79 Å². The molecule has 1 atom stereocenters. The zero-order chi connectivity index (χ0) is 24.4. The van der Waals surface area contributed by atoms with Gasteiger partial charge in [-0.15, -0.1) is 0 Å².